The van der Waals surface area contributed by atoms with Gasteiger partial charge in [0, 0.05) is 38.1 Å². The fourth-order valence-electron chi connectivity index (χ4n) is 4.15. The first-order valence-electron chi connectivity index (χ1n) is 8.59. The third-order valence-electron chi connectivity index (χ3n) is 5.55. The van der Waals surface area contributed by atoms with Crippen LogP contribution in [0.4, 0.5) is 0 Å². The molecule has 0 unspecified atom stereocenters. The van der Waals surface area contributed by atoms with Gasteiger partial charge in [0.15, 0.2) is 5.79 Å². The summed E-state index contributed by atoms with van der Waals surface area (Å²) < 4.78 is 16.9. The highest BCUT2D eigenvalue weighted by Gasteiger charge is 2.48. The summed E-state index contributed by atoms with van der Waals surface area (Å²) in [4.78, 5) is 2.50. The topological polar surface area (TPSA) is 43.0 Å². The van der Waals surface area contributed by atoms with Crippen molar-refractivity contribution in [2.24, 2.45) is 0 Å². The molecule has 23 heavy (non-hydrogen) atoms. The lowest BCUT2D eigenvalue weighted by Gasteiger charge is -2.41. The molecular formula is C18H26N2O3. The summed E-state index contributed by atoms with van der Waals surface area (Å²) in [7, 11) is 1.71. The zero-order chi connectivity index (χ0) is 15.8. The van der Waals surface area contributed by atoms with E-state index in [1.165, 1.54) is 5.56 Å². The molecule has 1 aromatic rings. The van der Waals surface area contributed by atoms with Gasteiger partial charge in [0.25, 0.3) is 0 Å². The Balaban J connectivity index is 1.34. The minimum Gasteiger partial charge on any atom is -0.497 e. The Hall–Kier alpha value is -1.14. The molecule has 2 aliphatic heterocycles. The van der Waals surface area contributed by atoms with Crippen molar-refractivity contribution in [3.63, 3.8) is 0 Å². The van der Waals surface area contributed by atoms with E-state index in [4.69, 9.17) is 14.2 Å². The van der Waals surface area contributed by atoms with Crippen LogP contribution >= 0.6 is 0 Å². The van der Waals surface area contributed by atoms with Crippen molar-refractivity contribution in [2.45, 2.75) is 43.6 Å². The van der Waals surface area contributed by atoms with Crippen molar-refractivity contribution >= 4 is 0 Å². The van der Waals surface area contributed by atoms with Crippen LogP contribution in [-0.2, 0) is 16.0 Å². The first-order chi connectivity index (χ1) is 11.2. The van der Waals surface area contributed by atoms with E-state index in [0.29, 0.717) is 0 Å². The summed E-state index contributed by atoms with van der Waals surface area (Å²) in [5, 5.41) is 3.76. The summed E-state index contributed by atoms with van der Waals surface area (Å²) in [5.41, 5.74) is 1.58. The number of hydrogen-bond acceptors (Lipinski definition) is 5. The fourth-order valence-corrected chi connectivity index (χ4v) is 4.15. The van der Waals surface area contributed by atoms with Crippen LogP contribution in [0, 0.1) is 0 Å². The standard InChI is InChI=1S/C18H26N2O3/c1-21-16-4-2-15(3-5-16)12-20-13-17(19-14-20)6-8-18(9-7-17)22-10-11-23-18/h2-5,19H,6-14H2,1H3. The van der Waals surface area contributed by atoms with Gasteiger partial charge in [-0.2, -0.15) is 0 Å². The van der Waals surface area contributed by atoms with E-state index >= 15 is 0 Å². The average Bonchev–Trinajstić information content (AvgIpc) is 3.20. The van der Waals surface area contributed by atoms with Gasteiger partial charge in [-0.15, -0.1) is 0 Å². The minimum absolute atomic E-state index is 0.243. The average molecular weight is 318 g/mol. The summed E-state index contributed by atoms with van der Waals surface area (Å²) in [6.07, 6.45) is 4.28. The summed E-state index contributed by atoms with van der Waals surface area (Å²) in [6.45, 7) is 4.56. The molecule has 0 aromatic heterocycles. The number of hydrogen-bond donors (Lipinski definition) is 1. The molecule has 126 valence electrons. The van der Waals surface area contributed by atoms with Gasteiger partial charge in [-0.05, 0) is 30.5 Å². The van der Waals surface area contributed by atoms with Crippen LogP contribution in [0.3, 0.4) is 0 Å². The second kappa shape index (κ2) is 6.06. The molecule has 1 aromatic carbocycles. The molecule has 2 heterocycles. The molecule has 1 N–H and O–H groups in total. The smallest absolute Gasteiger partial charge is 0.168 e. The molecule has 5 nitrogen and oxygen atoms in total. The molecule has 0 bridgehead atoms. The van der Waals surface area contributed by atoms with Crippen LogP contribution in [0.5, 0.6) is 5.75 Å². The second-order valence-electron chi connectivity index (χ2n) is 7.06. The summed E-state index contributed by atoms with van der Waals surface area (Å²) >= 11 is 0. The molecular weight excluding hydrogens is 292 g/mol. The monoisotopic (exact) mass is 318 g/mol. The lowest BCUT2D eigenvalue weighted by molar-refractivity contribution is -0.185. The van der Waals surface area contributed by atoms with E-state index in [1.807, 2.05) is 12.1 Å². The van der Waals surface area contributed by atoms with Gasteiger partial charge >= 0.3 is 0 Å². The van der Waals surface area contributed by atoms with Crippen LogP contribution in [-0.4, -0.2) is 49.8 Å². The first-order valence-corrected chi connectivity index (χ1v) is 8.59. The molecule has 5 heteroatoms. The maximum absolute atomic E-state index is 5.85. The van der Waals surface area contributed by atoms with Crippen molar-refractivity contribution in [1.82, 2.24) is 10.2 Å². The predicted molar refractivity (Wildman–Crippen MR) is 87.2 cm³/mol. The van der Waals surface area contributed by atoms with Gasteiger partial charge in [0.1, 0.15) is 5.75 Å². The second-order valence-corrected chi connectivity index (χ2v) is 7.06. The molecule has 1 saturated carbocycles. The summed E-state index contributed by atoms with van der Waals surface area (Å²) in [6, 6.07) is 8.38. The quantitative estimate of drug-likeness (QED) is 0.925. The van der Waals surface area contributed by atoms with Crippen molar-refractivity contribution in [3.8, 4) is 5.75 Å². The molecule has 0 amide bonds. The molecule has 0 atom stereocenters. The maximum atomic E-state index is 5.85. The van der Waals surface area contributed by atoms with Gasteiger partial charge in [-0.25, -0.2) is 0 Å². The highest BCUT2D eigenvalue weighted by Crippen LogP contribution is 2.41. The van der Waals surface area contributed by atoms with Gasteiger partial charge in [-0.3, -0.25) is 10.2 Å². The van der Waals surface area contributed by atoms with E-state index in [1.54, 1.807) is 7.11 Å². The normalized spacial score (nSPS) is 26.1. The van der Waals surface area contributed by atoms with E-state index in [-0.39, 0.29) is 11.3 Å². The maximum Gasteiger partial charge on any atom is 0.168 e. The van der Waals surface area contributed by atoms with Crippen molar-refractivity contribution in [3.05, 3.63) is 29.8 Å². The lowest BCUT2D eigenvalue weighted by Crippen LogP contribution is -2.50. The highest BCUT2D eigenvalue weighted by molar-refractivity contribution is 5.27. The molecule has 3 fully saturated rings. The Labute approximate surface area is 137 Å². The molecule has 1 aliphatic carbocycles. The zero-order valence-corrected chi connectivity index (χ0v) is 13.8. The number of methoxy groups -OCH3 is 1. The fraction of sp³-hybridized carbons (Fsp3) is 0.667. The van der Waals surface area contributed by atoms with E-state index in [9.17, 15) is 0 Å². The first kappa shape index (κ1) is 15.4. The Morgan fingerprint density at radius 2 is 1.78 bits per heavy atom. The van der Waals surface area contributed by atoms with Gasteiger partial charge in [0.2, 0.25) is 0 Å². The SMILES string of the molecule is COc1ccc(CN2CNC3(CCC4(CC3)OCCO4)C2)cc1. The van der Waals surface area contributed by atoms with Gasteiger partial charge in [0.05, 0.1) is 20.3 Å². The number of benzene rings is 1. The Morgan fingerprint density at radius 1 is 1.09 bits per heavy atom. The Morgan fingerprint density at radius 3 is 2.43 bits per heavy atom. The van der Waals surface area contributed by atoms with Gasteiger partial charge < -0.3 is 14.2 Å². The van der Waals surface area contributed by atoms with Crippen LogP contribution in [0.25, 0.3) is 0 Å². The van der Waals surface area contributed by atoms with E-state index in [0.717, 1.165) is 64.4 Å². The largest absolute Gasteiger partial charge is 0.497 e. The van der Waals surface area contributed by atoms with E-state index in [2.05, 4.69) is 22.3 Å². The third kappa shape index (κ3) is 3.11. The number of ether oxygens (including phenoxy) is 3. The minimum atomic E-state index is -0.268. The summed E-state index contributed by atoms with van der Waals surface area (Å²) in [5.74, 6) is 0.648. The van der Waals surface area contributed by atoms with Crippen LogP contribution in [0.1, 0.15) is 31.2 Å². The van der Waals surface area contributed by atoms with Crippen molar-refractivity contribution in [1.29, 1.82) is 0 Å². The molecule has 0 radical (unpaired) electrons. The van der Waals surface area contributed by atoms with Crippen molar-refractivity contribution < 1.29 is 14.2 Å². The van der Waals surface area contributed by atoms with Crippen LogP contribution in [0.2, 0.25) is 0 Å². The molecule has 3 aliphatic rings. The van der Waals surface area contributed by atoms with Gasteiger partial charge in [-0.1, -0.05) is 12.1 Å². The van der Waals surface area contributed by atoms with Crippen LogP contribution in [0.15, 0.2) is 24.3 Å². The third-order valence-corrected chi connectivity index (χ3v) is 5.55. The van der Waals surface area contributed by atoms with E-state index < -0.39 is 0 Å². The lowest BCUT2D eigenvalue weighted by atomic mass is 9.79. The number of nitrogens with zero attached hydrogens (tertiary/aromatic N) is 1. The predicted octanol–water partition coefficient (Wildman–Crippen LogP) is 2.11. The number of nitrogens with one attached hydrogen (secondary N) is 1. The van der Waals surface area contributed by atoms with Crippen LogP contribution < -0.4 is 10.1 Å². The molecule has 2 spiro atoms. The highest BCUT2D eigenvalue weighted by atomic mass is 16.7. The Kier molecular flexibility index (Phi) is 4.05. The number of rotatable bonds is 3. The molecule has 2 saturated heterocycles. The Bertz CT molecular complexity index is 530. The zero-order valence-electron chi connectivity index (χ0n) is 13.8. The molecule has 4 rings (SSSR count). The van der Waals surface area contributed by atoms with Crippen molar-refractivity contribution in [2.75, 3.05) is 33.5 Å².